The van der Waals surface area contributed by atoms with Crippen LogP contribution in [0.4, 0.5) is 5.69 Å². The smallest absolute Gasteiger partial charge is 0.252 e. The molecule has 9 heteroatoms. The molecule has 8 nitrogen and oxygen atoms in total. The van der Waals surface area contributed by atoms with E-state index < -0.39 is 0 Å². The first kappa shape index (κ1) is 20.4. The first-order chi connectivity index (χ1) is 15.6. The van der Waals surface area contributed by atoms with Crippen molar-refractivity contribution in [2.75, 3.05) is 18.1 Å². The normalized spacial score (nSPS) is 12.8. The van der Waals surface area contributed by atoms with Crippen molar-refractivity contribution in [3.8, 4) is 11.5 Å². The molecule has 0 saturated carbocycles. The maximum absolute atomic E-state index is 13.5. The van der Waals surface area contributed by atoms with E-state index in [0.717, 1.165) is 27.5 Å². The van der Waals surface area contributed by atoms with Crippen LogP contribution in [0.5, 0.6) is 11.5 Å². The lowest BCUT2D eigenvalue weighted by Gasteiger charge is -2.25. The minimum Gasteiger partial charge on any atom is -0.486 e. The van der Waals surface area contributed by atoms with Crippen LogP contribution in [-0.2, 0) is 17.8 Å². The lowest BCUT2D eigenvalue weighted by atomic mass is 10.1. The van der Waals surface area contributed by atoms with Crippen molar-refractivity contribution in [1.82, 2.24) is 19.6 Å². The molecular weight excluding hydrogens is 426 g/mol. The molecule has 0 aliphatic carbocycles. The van der Waals surface area contributed by atoms with Gasteiger partial charge in [0.15, 0.2) is 11.5 Å². The number of amides is 1. The molecule has 0 fully saturated rings. The van der Waals surface area contributed by atoms with Gasteiger partial charge in [-0.25, -0.2) is 9.50 Å². The van der Waals surface area contributed by atoms with Gasteiger partial charge in [-0.2, -0.15) is 10.1 Å². The Labute approximate surface area is 189 Å². The van der Waals surface area contributed by atoms with Crippen molar-refractivity contribution in [2.24, 2.45) is 0 Å². The van der Waals surface area contributed by atoms with Crippen LogP contribution in [0, 0.1) is 13.8 Å². The molecule has 164 valence electrons. The number of hydrogen-bond acceptors (Lipinski definition) is 7. The van der Waals surface area contributed by atoms with Gasteiger partial charge in [0.05, 0.1) is 6.54 Å². The number of nitrogens with zero attached hydrogens (tertiary/aromatic N) is 5. The fourth-order valence-electron chi connectivity index (χ4n) is 3.97. The maximum Gasteiger partial charge on any atom is 0.252 e. The van der Waals surface area contributed by atoms with Gasteiger partial charge in [-0.1, -0.05) is 6.07 Å². The van der Waals surface area contributed by atoms with Gasteiger partial charge in [-0.15, -0.1) is 11.3 Å². The lowest BCUT2D eigenvalue weighted by Crippen LogP contribution is -2.30. The van der Waals surface area contributed by atoms with Crippen LogP contribution >= 0.6 is 11.3 Å². The van der Waals surface area contributed by atoms with Gasteiger partial charge in [-0.05, 0) is 49.4 Å². The molecule has 4 aromatic rings. The number of fused-ring (bicyclic) bond motifs is 2. The fourth-order valence-corrected chi connectivity index (χ4v) is 4.66. The first-order valence-corrected chi connectivity index (χ1v) is 11.4. The topological polar surface area (TPSA) is 81.9 Å². The van der Waals surface area contributed by atoms with E-state index in [2.05, 4.69) is 15.1 Å². The Morgan fingerprint density at radius 2 is 2.03 bits per heavy atom. The molecule has 0 saturated heterocycles. The van der Waals surface area contributed by atoms with Crippen LogP contribution in [0.1, 0.15) is 28.2 Å². The third-order valence-corrected chi connectivity index (χ3v) is 6.47. The van der Waals surface area contributed by atoms with Gasteiger partial charge >= 0.3 is 0 Å². The lowest BCUT2D eigenvalue weighted by molar-refractivity contribution is -0.118. The Morgan fingerprint density at radius 1 is 1.19 bits per heavy atom. The SMILES string of the molecule is Cc1nc2ncnn2c(C)c1CCC(=O)N(Cc1cccs1)c1ccc2c(c1)OCCO2. The number of carbonyl (C=O) groups is 1. The predicted molar refractivity (Wildman–Crippen MR) is 122 cm³/mol. The summed E-state index contributed by atoms with van der Waals surface area (Å²) >= 11 is 1.64. The predicted octanol–water partition coefficient (Wildman–Crippen LogP) is 3.74. The van der Waals surface area contributed by atoms with Crippen LogP contribution in [0.15, 0.2) is 42.0 Å². The molecule has 32 heavy (non-hydrogen) atoms. The summed E-state index contributed by atoms with van der Waals surface area (Å²) in [6, 6.07) is 9.71. The third kappa shape index (κ3) is 3.91. The Bertz CT molecular complexity index is 1270. The minimum atomic E-state index is 0.0348. The quantitative estimate of drug-likeness (QED) is 0.446. The van der Waals surface area contributed by atoms with Gasteiger partial charge in [0.25, 0.3) is 5.78 Å². The maximum atomic E-state index is 13.5. The Balaban J connectivity index is 1.41. The van der Waals surface area contributed by atoms with Crippen molar-refractivity contribution in [3.05, 3.63) is 63.9 Å². The molecule has 0 atom stereocenters. The summed E-state index contributed by atoms with van der Waals surface area (Å²) in [5.41, 5.74) is 3.66. The number of benzene rings is 1. The van der Waals surface area contributed by atoms with Crippen molar-refractivity contribution >= 4 is 28.7 Å². The number of aryl methyl sites for hydroxylation is 2. The van der Waals surface area contributed by atoms with Gasteiger partial charge in [0, 0.05) is 34.4 Å². The molecule has 1 aliphatic heterocycles. The van der Waals surface area contributed by atoms with Gasteiger partial charge in [0.2, 0.25) is 5.91 Å². The zero-order valence-electron chi connectivity index (χ0n) is 17.9. The third-order valence-electron chi connectivity index (χ3n) is 5.61. The van der Waals surface area contributed by atoms with E-state index in [1.807, 2.05) is 54.5 Å². The zero-order chi connectivity index (χ0) is 22.1. The standard InChI is InChI=1S/C23H23N5O3S/c1-15-19(16(2)28-23(26-15)24-14-25-28)6-8-22(29)27(13-18-4-3-11-32-18)17-5-7-20-21(12-17)31-10-9-30-20/h3-5,7,11-12,14H,6,8-10,13H2,1-2H3. The number of ether oxygens (including phenoxy) is 2. The minimum absolute atomic E-state index is 0.0348. The molecule has 0 N–H and O–H groups in total. The fraction of sp³-hybridized carbons (Fsp3) is 0.304. The van der Waals surface area contributed by atoms with Crippen molar-refractivity contribution < 1.29 is 14.3 Å². The molecule has 5 rings (SSSR count). The number of rotatable bonds is 6. The van der Waals surface area contributed by atoms with Gasteiger partial charge < -0.3 is 14.4 Å². The summed E-state index contributed by atoms with van der Waals surface area (Å²) in [5, 5.41) is 6.27. The molecule has 1 aromatic carbocycles. The zero-order valence-corrected chi connectivity index (χ0v) is 18.8. The van der Waals surface area contributed by atoms with Crippen LogP contribution in [0.3, 0.4) is 0 Å². The highest BCUT2D eigenvalue weighted by atomic mass is 32.1. The number of hydrogen-bond donors (Lipinski definition) is 0. The Kier molecular flexibility index (Phi) is 5.48. The van der Waals surface area contributed by atoms with E-state index in [1.165, 1.54) is 6.33 Å². The Morgan fingerprint density at radius 3 is 2.84 bits per heavy atom. The molecular formula is C23H23N5O3S. The second-order valence-electron chi connectivity index (χ2n) is 7.62. The van der Waals surface area contributed by atoms with Crippen molar-refractivity contribution in [1.29, 1.82) is 0 Å². The summed E-state index contributed by atoms with van der Waals surface area (Å²) in [6.45, 7) is 5.49. The summed E-state index contributed by atoms with van der Waals surface area (Å²) in [7, 11) is 0. The van der Waals surface area contributed by atoms with E-state index >= 15 is 0 Å². The average molecular weight is 450 g/mol. The van der Waals surface area contributed by atoms with Crippen LogP contribution in [0.25, 0.3) is 5.78 Å². The average Bonchev–Trinajstić information content (AvgIpc) is 3.49. The van der Waals surface area contributed by atoms with E-state index in [-0.39, 0.29) is 5.91 Å². The summed E-state index contributed by atoms with van der Waals surface area (Å²) in [4.78, 5) is 25.1. The van der Waals surface area contributed by atoms with Gasteiger partial charge in [0.1, 0.15) is 19.5 Å². The second-order valence-corrected chi connectivity index (χ2v) is 8.65. The summed E-state index contributed by atoms with van der Waals surface area (Å²) < 4.78 is 13.1. The van der Waals surface area contributed by atoms with E-state index in [4.69, 9.17) is 9.47 Å². The highest BCUT2D eigenvalue weighted by Crippen LogP contribution is 2.35. The van der Waals surface area contributed by atoms with E-state index in [9.17, 15) is 4.79 Å². The number of anilines is 1. The van der Waals surface area contributed by atoms with Gasteiger partial charge in [-0.3, -0.25) is 4.79 Å². The molecule has 0 radical (unpaired) electrons. The van der Waals surface area contributed by atoms with Crippen LogP contribution in [0.2, 0.25) is 0 Å². The summed E-state index contributed by atoms with van der Waals surface area (Å²) in [6.07, 6.45) is 2.42. The van der Waals surface area contributed by atoms with E-state index in [0.29, 0.717) is 49.9 Å². The molecule has 0 unspecified atom stereocenters. The molecule has 0 spiro atoms. The highest BCUT2D eigenvalue weighted by molar-refractivity contribution is 7.09. The number of carbonyl (C=O) groups excluding carboxylic acids is 1. The van der Waals surface area contributed by atoms with Crippen molar-refractivity contribution in [2.45, 2.75) is 33.2 Å². The Hall–Kier alpha value is -3.46. The molecule has 0 bridgehead atoms. The van der Waals surface area contributed by atoms with E-state index in [1.54, 1.807) is 15.9 Å². The number of aromatic nitrogens is 4. The molecule has 1 amide bonds. The highest BCUT2D eigenvalue weighted by Gasteiger charge is 2.21. The second kappa shape index (κ2) is 8.58. The van der Waals surface area contributed by atoms with Crippen LogP contribution < -0.4 is 14.4 Å². The largest absolute Gasteiger partial charge is 0.486 e. The van der Waals surface area contributed by atoms with Crippen LogP contribution in [-0.4, -0.2) is 38.7 Å². The molecule has 1 aliphatic rings. The summed E-state index contributed by atoms with van der Waals surface area (Å²) in [5.74, 6) is 1.99. The van der Waals surface area contributed by atoms with Crippen molar-refractivity contribution in [3.63, 3.8) is 0 Å². The number of thiophene rings is 1. The first-order valence-electron chi connectivity index (χ1n) is 10.5. The molecule has 4 heterocycles. The monoisotopic (exact) mass is 449 g/mol. The molecule has 3 aromatic heterocycles.